The molecule has 0 aliphatic heterocycles. The van der Waals surface area contributed by atoms with Gasteiger partial charge in [-0.1, -0.05) is 25.4 Å². The van der Waals surface area contributed by atoms with E-state index in [1.165, 1.54) is 10.6 Å². The molecule has 0 saturated heterocycles. The SMILES string of the molecule is CC(O)C(C)(C)c1cc(F)c2c(Cl)nc(Cl)nn12. The summed E-state index contributed by atoms with van der Waals surface area (Å²) in [5, 5.41) is 13.6. The van der Waals surface area contributed by atoms with Crippen molar-refractivity contribution in [3.63, 3.8) is 0 Å². The third-order valence-electron chi connectivity index (χ3n) is 3.20. The monoisotopic (exact) mass is 291 g/mol. The number of hydrogen-bond acceptors (Lipinski definition) is 3. The number of fused-ring (bicyclic) bond motifs is 1. The highest BCUT2D eigenvalue weighted by Crippen LogP contribution is 2.32. The lowest BCUT2D eigenvalue weighted by molar-refractivity contribution is 0.114. The van der Waals surface area contributed by atoms with Crippen molar-refractivity contribution in [1.29, 1.82) is 0 Å². The molecular weight excluding hydrogens is 280 g/mol. The van der Waals surface area contributed by atoms with E-state index in [0.717, 1.165) is 0 Å². The van der Waals surface area contributed by atoms with Crippen LogP contribution >= 0.6 is 23.2 Å². The number of hydrogen-bond donors (Lipinski definition) is 1. The normalized spacial score (nSPS) is 14.2. The van der Waals surface area contributed by atoms with E-state index in [1.807, 2.05) is 0 Å². The van der Waals surface area contributed by atoms with Crippen molar-refractivity contribution >= 4 is 28.7 Å². The van der Waals surface area contributed by atoms with Crippen LogP contribution in [-0.4, -0.2) is 25.8 Å². The fourth-order valence-electron chi connectivity index (χ4n) is 1.67. The van der Waals surface area contributed by atoms with Gasteiger partial charge < -0.3 is 5.11 Å². The number of halogens is 3. The van der Waals surface area contributed by atoms with E-state index in [9.17, 15) is 9.50 Å². The van der Waals surface area contributed by atoms with Crippen LogP contribution in [-0.2, 0) is 5.41 Å². The first-order valence-electron chi connectivity index (χ1n) is 5.34. The molecule has 2 rings (SSSR count). The molecule has 4 nitrogen and oxygen atoms in total. The van der Waals surface area contributed by atoms with Crippen molar-refractivity contribution in [3.8, 4) is 0 Å². The van der Waals surface area contributed by atoms with E-state index in [1.54, 1.807) is 20.8 Å². The summed E-state index contributed by atoms with van der Waals surface area (Å²) in [6.45, 7) is 5.19. The van der Waals surface area contributed by atoms with E-state index < -0.39 is 17.3 Å². The van der Waals surface area contributed by atoms with Gasteiger partial charge in [0.15, 0.2) is 11.0 Å². The van der Waals surface area contributed by atoms with Crippen molar-refractivity contribution < 1.29 is 9.50 Å². The maximum Gasteiger partial charge on any atom is 0.242 e. The first-order valence-corrected chi connectivity index (χ1v) is 6.09. The lowest BCUT2D eigenvalue weighted by atomic mass is 9.84. The first-order chi connectivity index (χ1) is 8.25. The second-order valence-corrected chi connectivity index (χ2v) is 5.40. The van der Waals surface area contributed by atoms with Crippen molar-refractivity contribution in [2.45, 2.75) is 32.3 Å². The summed E-state index contributed by atoms with van der Waals surface area (Å²) in [4.78, 5) is 3.70. The number of nitrogens with zero attached hydrogens (tertiary/aromatic N) is 3. The summed E-state index contributed by atoms with van der Waals surface area (Å²) in [5.74, 6) is -0.541. The zero-order valence-electron chi connectivity index (χ0n) is 10.1. The van der Waals surface area contributed by atoms with E-state index in [4.69, 9.17) is 23.2 Å². The Labute approximate surface area is 113 Å². The van der Waals surface area contributed by atoms with E-state index in [0.29, 0.717) is 5.69 Å². The Balaban J connectivity index is 2.82. The molecule has 0 spiro atoms. The van der Waals surface area contributed by atoms with Crippen LogP contribution in [0.1, 0.15) is 26.5 Å². The summed E-state index contributed by atoms with van der Waals surface area (Å²) in [5.41, 5.74) is -0.158. The lowest BCUT2D eigenvalue weighted by Crippen LogP contribution is -2.32. The van der Waals surface area contributed by atoms with E-state index in [-0.39, 0.29) is 16.0 Å². The fourth-order valence-corrected chi connectivity index (χ4v) is 2.13. The zero-order valence-corrected chi connectivity index (χ0v) is 11.6. The van der Waals surface area contributed by atoms with E-state index in [2.05, 4.69) is 10.1 Å². The highest BCUT2D eigenvalue weighted by Gasteiger charge is 2.32. The maximum atomic E-state index is 13.9. The number of aromatic nitrogens is 3. The molecule has 2 heterocycles. The van der Waals surface area contributed by atoms with Crippen LogP contribution in [0.2, 0.25) is 10.4 Å². The third kappa shape index (κ3) is 1.96. The molecule has 98 valence electrons. The Hall–Kier alpha value is -0.910. The van der Waals surface area contributed by atoms with Crippen molar-refractivity contribution in [2.24, 2.45) is 0 Å². The zero-order chi connectivity index (χ0) is 13.7. The summed E-state index contributed by atoms with van der Waals surface area (Å²) >= 11 is 11.6. The third-order valence-corrected chi connectivity index (χ3v) is 3.63. The Morgan fingerprint density at radius 1 is 1.44 bits per heavy atom. The molecule has 0 saturated carbocycles. The van der Waals surface area contributed by atoms with Gasteiger partial charge in [0, 0.05) is 5.41 Å². The van der Waals surface area contributed by atoms with Crippen LogP contribution in [0.25, 0.3) is 5.52 Å². The largest absolute Gasteiger partial charge is 0.392 e. The molecule has 1 N–H and O–H groups in total. The minimum absolute atomic E-state index is 0.0554. The quantitative estimate of drug-likeness (QED) is 0.926. The van der Waals surface area contributed by atoms with Crippen LogP contribution in [0.4, 0.5) is 4.39 Å². The first kappa shape index (κ1) is 13.5. The van der Waals surface area contributed by atoms with Gasteiger partial charge in [0.25, 0.3) is 0 Å². The van der Waals surface area contributed by atoms with Crippen LogP contribution in [0, 0.1) is 5.82 Å². The second-order valence-electron chi connectivity index (χ2n) is 4.71. The minimum Gasteiger partial charge on any atom is -0.392 e. The second kappa shape index (κ2) is 4.33. The van der Waals surface area contributed by atoms with Gasteiger partial charge in [0.1, 0.15) is 5.52 Å². The molecule has 1 unspecified atom stereocenters. The maximum absolute atomic E-state index is 13.9. The predicted molar refractivity (Wildman–Crippen MR) is 67.7 cm³/mol. The Morgan fingerprint density at radius 3 is 2.61 bits per heavy atom. The van der Waals surface area contributed by atoms with Gasteiger partial charge in [-0.05, 0) is 24.6 Å². The molecule has 0 aromatic carbocycles. The van der Waals surface area contributed by atoms with Crippen LogP contribution in [0.5, 0.6) is 0 Å². The molecule has 0 fully saturated rings. The molecule has 0 radical (unpaired) electrons. The smallest absolute Gasteiger partial charge is 0.242 e. The Bertz CT molecular complexity index is 610. The Kier molecular flexibility index (Phi) is 3.25. The van der Waals surface area contributed by atoms with E-state index >= 15 is 0 Å². The van der Waals surface area contributed by atoms with Gasteiger partial charge in [-0.3, -0.25) is 0 Å². The number of rotatable bonds is 2. The van der Waals surface area contributed by atoms with Crippen LogP contribution < -0.4 is 0 Å². The molecule has 0 aliphatic rings. The molecule has 0 aliphatic carbocycles. The number of aliphatic hydroxyl groups is 1. The fraction of sp³-hybridized carbons (Fsp3) is 0.455. The topological polar surface area (TPSA) is 50.4 Å². The minimum atomic E-state index is -0.700. The summed E-state index contributed by atoms with van der Waals surface area (Å²) < 4.78 is 15.2. The Morgan fingerprint density at radius 2 is 2.06 bits per heavy atom. The molecule has 0 amide bonds. The molecule has 1 atom stereocenters. The highest BCUT2D eigenvalue weighted by atomic mass is 35.5. The average Bonchev–Trinajstić information content (AvgIpc) is 2.55. The summed E-state index contributed by atoms with van der Waals surface area (Å²) in [6.07, 6.45) is -0.692. The summed E-state index contributed by atoms with van der Waals surface area (Å²) in [6, 6.07) is 1.29. The molecule has 7 heteroatoms. The van der Waals surface area contributed by atoms with Gasteiger partial charge in [-0.2, -0.15) is 0 Å². The standard InChI is InChI=1S/C11H12Cl2FN3O/c1-5(18)11(2,3)7-4-6(14)8-9(12)15-10(13)16-17(7)8/h4-5,18H,1-3H3. The molecule has 2 aromatic heterocycles. The van der Waals surface area contributed by atoms with Crippen molar-refractivity contribution in [2.75, 3.05) is 0 Å². The summed E-state index contributed by atoms with van der Waals surface area (Å²) in [7, 11) is 0. The molecular formula is C11H12Cl2FN3O. The number of aliphatic hydroxyl groups excluding tert-OH is 1. The van der Waals surface area contributed by atoms with Crippen molar-refractivity contribution in [3.05, 3.63) is 28.0 Å². The van der Waals surface area contributed by atoms with Crippen LogP contribution in [0.3, 0.4) is 0 Å². The predicted octanol–water partition coefficient (Wildman–Crippen LogP) is 2.83. The van der Waals surface area contributed by atoms with Gasteiger partial charge in [0.05, 0.1) is 11.8 Å². The van der Waals surface area contributed by atoms with Gasteiger partial charge >= 0.3 is 0 Å². The molecule has 2 aromatic rings. The lowest BCUT2D eigenvalue weighted by Gasteiger charge is -2.27. The van der Waals surface area contributed by atoms with Gasteiger partial charge in [0.2, 0.25) is 5.28 Å². The molecule has 0 bridgehead atoms. The average molecular weight is 292 g/mol. The highest BCUT2D eigenvalue weighted by molar-refractivity contribution is 6.34. The van der Waals surface area contributed by atoms with Gasteiger partial charge in [-0.25, -0.2) is 13.9 Å². The van der Waals surface area contributed by atoms with Crippen molar-refractivity contribution in [1.82, 2.24) is 14.6 Å². The van der Waals surface area contributed by atoms with Crippen LogP contribution in [0.15, 0.2) is 6.07 Å². The van der Waals surface area contributed by atoms with Gasteiger partial charge in [-0.15, -0.1) is 5.10 Å². The molecule has 18 heavy (non-hydrogen) atoms.